The van der Waals surface area contributed by atoms with Crippen LogP contribution in [0, 0.1) is 0 Å². The normalized spacial score (nSPS) is 22.7. The van der Waals surface area contributed by atoms with Crippen molar-refractivity contribution in [3.8, 4) is 11.5 Å². The molecule has 0 unspecified atom stereocenters. The summed E-state index contributed by atoms with van der Waals surface area (Å²) in [5.41, 5.74) is 2.00. The molecule has 8 nitrogen and oxygen atoms in total. The van der Waals surface area contributed by atoms with Gasteiger partial charge >= 0.3 is 0 Å². The number of nitrogens with zero attached hydrogens (tertiary/aromatic N) is 4. The molecule has 3 aromatic rings. The van der Waals surface area contributed by atoms with Gasteiger partial charge in [0.1, 0.15) is 12.1 Å². The Morgan fingerprint density at radius 2 is 1.82 bits per heavy atom. The summed E-state index contributed by atoms with van der Waals surface area (Å²) in [7, 11) is 5.38. The molecule has 38 heavy (non-hydrogen) atoms. The topological polar surface area (TPSA) is 79.8 Å². The standard InChI is InChI=1S/C30H39N5O3/c1-20(21-9-6-5-7-10-21)33-29-24-17-28(27(37-4)18-25(24)31-19-32-29)38-23-14-12-22(13-15-23)35-16-8-11-26(35)30(36)34(2)3/h5-7,9-10,17-20,22-23,26H,8,11-16H2,1-4H3,(H,31,32,33)/t20-,22-,23+,26+/m1/s1. The molecule has 2 fully saturated rings. The van der Waals surface area contributed by atoms with Crippen LogP contribution in [-0.4, -0.2) is 71.6 Å². The van der Waals surface area contributed by atoms with Crippen LogP contribution in [0.3, 0.4) is 0 Å². The fourth-order valence-corrected chi connectivity index (χ4v) is 5.92. The number of carbonyl (C=O) groups excluding carboxylic acids is 1. The SMILES string of the molecule is COc1cc2ncnc(N[C@H](C)c3ccccc3)c2cc1O[C@H]1CC[C@@H](N2CCC[C@H]2C(=O)N(C)C)CC1. The van der Waals surface area contributed by atoms with Crippen molar-refractivity contribution in [2.45, 2.75) is 69.7 Å². The minimum atomic E-state index is 0.0252. The first-order valence-corrected chi connectivity index (χ1v) is 13.7. The van der Waals surface area contributed by atoms with E-state index in [9.17, 15) is 4.79 Å². The number of carbonyl (C=O) groups is 1. The molecule has 1 aliphatic carbocycles. The van der Waals surface area contributed by atoms with Crippen molar-refractivity contribution >= 4 is 22.6 Å². The van der Waals surface area contributed by atoms with Gasteiger partial charge in [0.05, 0.1) is 24.8 Å². The Balaban J connectivity index is 1.29. The van der Waals surface area contributed by atoms with Crippen molar-refractivity contribution in [3.05, 3.63) is 54.4 Å². The molecule has 2 aromatic carbocycles. The number of amides is 1. The Morgan fingerprint density at radius 3 is 2.53 bits per heavy atom. The van der Waals surface area contributed by atoms with Gasteiger partial charge in [-0.15, -0.1) is 0 Å². The van der Waals surface area contributed by atoms with E-state index >= 15 is 0 Å². The maximum atomic E-state index is 12.7. The Bertz CT molecular complexity index is 1240. The number of methoxy groups -OCH3 is 1. The van der Waals surface area contributed by atoms with E-state index in [1.807, 2.05) is 44.4 Å². The first kappa shape index (κ1) is 26.2. The van der Waals surface area contributed by atoms with Crippen molar-refractivity contribution in [1.29, 1.82) is 0 Å². The van der Waals surface area contributed by atoms with Gasteiger partial charge in [-0.2, -0.15) is 0 Å². The fourth-order valence-electron chi connectivity index (χ4n) is 5.92. The molecule has 5 rings (SSSR count). The molecular formula is C30H39N5O3. The number of hydrogen-bond acceptors (Lipinski definition) is 7. The lowest BCUT2D eigenvalue weighted by Gasteiger charge is -2.38. The lowest BCUT2D eigenvalue weighted by atomic mass is 9.91. The maximum absolute atomic E-state index is 12.7. The van der Waals surface area contributed by atoms with Crippen molar-refractivity contribution in [2.75, 3.05) is 33.1 Å². The van der Waals surface area contributed by atoms with Gasteiger partial charge in [-0.1, -0.05) is 30.3 Å². The second-order valence-electron chi connectivity index (χ2n) is 10.7. The van der Waals surface area contributed by atoms with Crippen LogP contribution in [0.4, 0.5) is 5.82 Å². The summed E-state index contributed by atoms with van der Waals surface area (Å²) < 4.78 is 12.2. The average molecular weight is 518 g/mol. The number of ether oxygens (including phenoxy) is 2. The molecule has 1 amide bonds. The van der Waals surface area contributed by atoms with Crippen LogP contribution in [0.15, 0.2) is 48.8 Å². The lowest BCUT2D eigenvalue weighted by Crippen LogP contribution is -2.49. The number of hydrogen-bond donors (Lipinski definition) is 1. The Kier molecular flexibility index (Phi) is 7.98. The number of benzene rings is 2. The van der Waals surface area contributed by atoms with Crippen LogP contribution in [0.1, 0.15) is 57.1 Å². The van der Waals surface area contributed by atoms with Gasteiger partial charge in [0, 0.05) is 37.6 Å². The molecule has 202 valence electrons. The van der Waals surface area contributed by atoms with Gasteiger partial charge in [0.15, 0.2) is 11.5 Å². The van der Waals surface area contributed by atoms with E-state index in [0.717, 1.165) is 67.5 Å². The number of likely N-dealkylation sites (N-methyl/N-ethyl adjacent to an activating group) is 1. The molecule has 1 N–H and O–H groups in total. The lowest BCUT2D eigenvalue weighted by molar-refractivity contribution is -0.134. The monoisotopic (exact) mass is 517 g/mol. The molecule has 1 aliphatic heterocycles. The van der Waals surface area contributed by atoms with Crippen LogP contribution >= 0.6 is 0 Å². The molecular weight excluding hydrogens is 478 g/mol. The molecule has 2 atom stereocenters. The number of fused-ring (bicyclic) bond motifs is 1. The predicted octanol–water partition coefficient (Wildman–Crippen LogP) is 5.05. The summed E-state index contributed by atoms with van der Waals surface area (Å²) in [6.07, 6.45) is 7.70. The van der Waals surface area contributed by atoms with Crippen molar-refractivity contribution in [2.24, 2.45) is 0 Å². The predicted molar refractivity (Wildman–Crippen MR) is 150 cm³/mol. The van der Waals surface area contributed by atoms with Crippen LogP contribution in [0.2, 0.25) is 0 Å². The largest absolute Gasteiger partial charge is 0.493 e. The van der Waals surface area contributed by atoms with Gasteiger partial charge in [-0.25, -0.2) is 9.97 Å². The number of aromatic nitrogens is 2. The molecule has 2 aliphatic rings. The highest BCUT2D eigenvalue weighted by Gasteiger charge is 2.38. The van der Waals surface area contributed by atoms with Gasteiger partial charge in [-0.3, -0.25) is 9.69 Å². The molecule has 0 radical (unpaired) electrons. The number of rotatable bonds is 8. The third-order valence-electron chi connectivity index (χ3n) is 8.00. The molecule has 2 heterocycles. The molecule has 0 spiro atoms. The molecule has 0 bridgehead atoms. The summed E-state index contributed by atoms with van der Waals surface area (Å²) in [6, 6.07) is 14.8. The number of nitrogens with one attached hydrogen (secondary N) is 1. The average Bonchev–Trinajstić information content (AvgIpc) is 3.43. The van der Waals surface area contributed by atoms with Crippen LogP contribution in [-0.2, 0) is 4.79 Å². The van der Waals surface area contributed by atoms with Crippen LogP contribution < -0.4 is 14.8 Å². The fraction of sp³-hybridized carbons (Fsp3) is 0.500. The number of likely N-dealkylation sites (tertiary alicyclic amines) is 1. The summed E-state index contributed by atoms with van der Waals surface area (Å²) in [4.78, 5) is 25.9. The van der Waals surface area contributed by atoms with E-state index < -0.39 is 0 Å². The zero-order valence-corrected chi connectivity index (χ0v) is 22.9. The minimum Gasteiger partial charge on any atom is -0.493 e. The Labute approximate surface area is 225 Å². The van der Waals surface area contributed by atoms with Crippen LogP contribution in [0.5, 0.6) is 11.5 Å². The maximum Gasteiger partial charge on any atom is 0.239 e. The first-order chi connectivity index (χ1) is 18.4. The third-order valence-corrected chi connectivity index (χ3v) is 8.00. The second kappa shape index (κ2) is 11.6. The molecule has 1 saturated carbocycles. The van der Waals surface area contributed by atoms with Crippen molar-refractivity contribution < 1.29 is 14.3 Å². The van der Waals surface area contributed by atoms with E-state index in [2.05, 4.69) is 39.2 Å². The van der Waals surface area contributed by atoms with E-state index in [1.165, 1.54) is 5.56 Å². The molecule has 1 aromatic heterocycles. The highest BCUT2D eigenvalue weighted by Crippen LogP contribution is 2.38. The van der Waals surface area contributed by atoms with E-state index in [0.29, 0.717) is 11.8 Å². The molecule has 1 saturated heterocycles. The van der Waals surface area contributed by atoms with Gasteiger partial charge < -0.3 is 19.7 Å². The molecule has 8 heteroatoms. The zero-order valence-electron chi connectivity index (χ0n) is 22.9. The Morgan fingerprint density at radius 1 is 1.05 bits per heavy atom. The quantitative estimate of drug-likeness (QED) is 0.448. The van der Waals surface area contributed by atoms with Crippen LogP contribution in [0.25, 0.3) is 10.9 Å². The highest BCUT2D eigenvalue weighted by molar-refractivity contribution is 5.91. The van der Waals surface area contributed by atoms with Gasteiger partial charge in [0.2, 0.25) is 5.91 Å². The van der Waals surface area contributed by atoms with E-state index in [-0.39, 0.29) is 24.1 Å². The summed E-state index contributed by atoms with van der Waals surface area (Å²) >= 11 is 0. The van der Waals surface area contributed by atoms with Gasteiger partial charge in [-0.05, 0) is 63.6 Å². The van der Waals surface area contributed by atoms with Crippen molar-refractivity contribution in [3.63, 3.8) is 0 Å². The minimum absolute atomic E-state index is 0.0252. The highest BCUT2D eigenvalue weighted by atomic mass is 16.5. The third kappa shape index (κ3) is 5.55. The zero-order chi connectivity index (χ0) is 26.6. The summed E-state index contributed by atoms with van der Waals surface area (Å²) in [5.74, 6) is 2.40. The second-order valence-corrected chi connectivity index (χ2v) is 10.7. The Hall–Kier alpha value is -3.39. The van der Waals surface area contributed by atoms with Crippen molar-refractivity contribution in [1.82, 2.24) is 19.8 Å². The first-order valence-electron chi connectivity index (χ1n) is 13.7. The number of anilines is 1. The summed E-state index contributed by atoms with van der Waals surface area (Å²) in [6.45, 7) is 3.13. The van der Waals surface area contributed by atoms with E-state index in [1.54, 1.807) is 18.3 Å². The van der Waals surface area contributed by atoms with E-state index in [4.69, 9.17) is 9.47 Å². The van der Waals surface area contributed by atoms with Gasteiger partial charge in [0.25, 0.3) is 0 Å². The smallest absolute Gasteiger partial charge is 0.239 e. The summed E-state index contributed by atoms with van der Waals surface area (Å²) in [5, 5.41) is 4.45.